The number of carboxylic acid groups (broad SMARTS) is 3. The SMILES string of the molecule is CS(=O)(=O)Nc1ccc(C(=O)O)cc1Nc1ccc2c(-c3ccccc3C(=O)[O-])c3ccc(Nc4cc(C(=O)O)ccc4NS(C)(=O)=O)cc3[o+]c2c1. The van der Waals surface area contributed by atoms with Crippen molar-refractivity contribution in [2.24, 2.45) is 0 Å². The Balaban J connectivity index is 1.54. The van der Waals surface area contributed by atoms with E-state index in [1.54, 1.807) is 54.6 Å². The Bertz CT molecular complexity index is 2580. The van der Waals surface area contributed by atoms with Crippen LogP contribution < -0.4 is 25.2 Å². The molecule has 0 radical (unpaired) electrons. The van der Waals surface area contributed by atoms with Crippen molar-refractivity contribution in [1.29, 1.82) is 0 Å². The molecule has 15 nitrogen and oxygen atoms in total. The maximum absolute atomic E-state index is 12.3. The molecule has 0 saturated heterocycles. The number of carboxylic acids is 3. The van der Waals surface area contributed by atoms with Crippen molar-refractivity contribution in [3.05, 3.63) is 114 Å². The lowest BCUT2D eigenvalue weighted by Gasteiger charge is -2.15. The minimum Gasteiger partial charge on any atom is -0.545 e. The van der Waals surface area contributed by atoms with Gasteiger partial charge in [-0.1, -0.05) is 24.3 Å². The van der Waals surface area contributed by atoms with Crippen LogP contribution in [-0.4, -0.2) is 57.5 Å². The molecule has 17 heteroatoms. The van der Waals surface area contributed by atoms with Crippen LogP contribution in [0.3, 0.4) is 0 Å². The third-order valence-electron chi connectivity index (χ3n) is 7.82. The fourth-order valence-corrected chi connectivity index (χ4v) is 6.82. The molecule has 0 spiro atoms. The molecule has 270 valence electrons. The first-order valence-corrected chi connectivity index (χ1v) is 19.1. The van der Waals surface area contributed by atoms with Crippen molar-refractivity contribution < 1.29 is 51.0 Å². The molecular weight excluding hydrogens is 729 g/mol. The molecule has 0 aliphatic carbocycles. The number of anilines is 6. The van der Waals surface area contributed by atoms with Gasteiger partial charge >= 0.3 is 23.1 Å². The number of benzene rings is 5. The van der Waals surface area contributed by atoms with Gasteiger partial charge in [0, 0.05) is 22.5 Å². The monoisotopic (exact) mass is 756 g/mol. The van der Waals surface area contributed by atoms with Crippen molar-refractivity contribution in [3.63, 3.8) is 0 Å². The standard InChI is InChI=1S/C36H28N4O11S2/c1-52(47,48)39-27-13-7-19(34(41)42)15-29(27)37-21-9-11-25-31(17-21)51-32-18-22(10-12-26(32)33(25)23-5-3-4-6-24(23)36(45)46)38-30-16-20(35(43)44)8-14-28(30)40-53(2,49)50/h3-18,37-40H,1-2H3,(H2-,41,42,43,44,45,46). The molecule has 0 fully saturated rings. The zero-order valence-corrected chi connectivity index (χ0v) is 29.3. The summed E-state index contributed by atoms with van der Waals surface area (Å²) in [7, 11) is -7.51. The predicted molar refractivity (Wildman–Crippen MR) is 198 cm³/mol. The van der Waals surface area contributed by atoms with Gasteiger partial charge in [0.25, 0.3) is 0 Å². The van der Waals surface area contributed by atoms with E-state index in [-0.39, 0.29) is 50.6 Å². The summed E-state index contributed by atoms with van der Waals surface area (Å²) in [5.74, 6) is -3.91. The lowest BCUT2D eigenvalue weighted by atomic mass is 9.93. The maximum Gasteiger partial charge on any atom is 0.363 e. The Morgan fingerprint density at radius 2 is 1.06 bits per heavy atom. The summed E-state index contributed by atoms with van der Waals surface area (Å²) < 4.78 is 59.3. The summed E-state index contributed by atoms with van der Waals surface area (Å²) in [6.45, 7) is 0. The summed E-state index contributed by atoms with van der Waals surface area (Å²) in [4.78, 5) is 35.7. The second kappa shape index (κ2) is 13.8. The molecule has 6 aromatic rings. The Morgan fingerprint density at radius 1 is 0.604 bits per heavy atom. The minimum atomic E-state index is -3.75. The average molecular weight is 757 g/mol. The molecular formula is C36H28N4O11S2. The first-order chi connectivity index (χ1) is 25.0. The summed E-state index contributed by atoms with van der Waals surface area (Å²) in [5, 5.41) is 38.4. The van der Waals surface area contributed by atoms with Crippen LogP contribution in [0.2, 0.25) is 0 Å². The highest BCUT2D eigenvalue weighted by molar-refractivity contribution is 7.92. The van der Waals surface area contributed by atoms with E-state index in [2.05, 4.69) is 20.1 Å². The first kappa shape index (κ1) is 36.1. The van der Waals surface area contributed by atoms with Crippen molar-refractivity contribution in [3.8, 4) is 11.1 Å². The summed E-state index contributed by atoms with van der Waals surface area (Å²) in [6.07, 6.45) is 1.89. The van der Waals surface area contributed by atoms with Gasteiger partial charge in [0.05, 0.1) is 75.3 Å². The van der Waals surface area contributed by atoms with E-state index in [1.807, 2.05) is 0 Å². The maximum atomic E-state index is 12.3. The fraction of sp³-hybridized carbons (Fsp3) is 0.0556. The van der Waals surface area contributed by atoms with E-state index in [1.165, 1.54) is 42.5 Å². The number of hydrogen-bond donors (Lipinski definition) is 6. The number of rotatable bonds is 12. The number of fused-ring (bicyclic) bond motifs is 2. The molecule has 53 heavy (non-hydrogen) atoms. The largest absolute Gasteiger partial charge is 0.545 e. The summed E-state index contributed by atoms with van der Waals surface area (Å²) >= 11 is 0. The van der Waals surface area contributed by atoms with E-state index in [0.717, 1.165) is 12.5 Å². The van der Waals surface area contributed by atoms with Gasteiger partial charge in [0.2, 0.25) is 20.0 Å². The average Bonchev–Trinajstić information content (AvgIpc) is 3.07. The number of nitrogens with one attached hydrogen (secondary N) is 4. The zero-order valence-electron chi connectivity index (χ0n) is 27.6. The molecule has 0 atom stereocenters. The summed E-state index contributed by atoms with van der Waals surface area (Å²) in [6, 6.07) is 23.5. The van der Waals surface area contributed by atoms with Crippen molar-refractivity contribution in [2.75, 3.05) is 32.6 Å². The van der Waals surface area contributed by atoms with Gasteiger partial charge in [-0.15, -0.1) is 0 Å². The molecule has 0 aliphatic heterocycles. The highest BCUT2D eigenvalue weighted by Gasteiger charge is 2.24. The number of sulfonamides is 2. The second-order valence-corrected chi connectivity index (χ2v) is 15.4. The fourth-order valence-electron chi connectivity index (χ4n) is 5.66. The van der Waals surface area contributed by atoms with E-state index in [4.69, 9.17) is 4.42 Å². The molecule has 0 bridgehead atoms. The van der Waals surface area contributed by atoms with Crippen LogP contribution in [0.25, 0.3) is 33.1 Å². The molecule has 0 unspecified atom stereocenters. The quantitative estimate of drug-likeness (QED) is 0.0666. The van der Waals surface area contributed by atoms with Gasteiger partial charge in [0.15, 0.2) is 0 Å². The van der Waals surface area contributed by atoms with Crippen LogP contribution in [0.15, 0.2) is 101 Å². The number of aromatic carboxylic acids is 3. The van der Waals surface area contributed by atoms with Gasteiger partial charge < -0.3 is 30.7 Å². The van der Waals surface area contributed by atoms with Crippen LogP contribution in [0.1, 0.15) is 31.1 Å². The molecule has 1 aromatic heterocycles. The van der Waals surface area contributed by atoms with Crippen molar-refractivity contribution >= 4 is 94.0 Å². The van der Waals surface area contributed by atoms with Gasteiger partial charge in [-0.05, 0) is 66.2 Å². The zero-order chi connectivity index (χ0) is 38.2. The van der Waals surface area contributed by atoms with Crippen LogP contribution in [0.4, 0.5) is 34.1 Å². The molecule has 1 heterocycles. The lowest BCUT2D eigenvalue weighted by molar-refractivity contribution is -0.254. The van der Waals surface area contributed by atoms with E-state index >= 15 is 0 Å². The van der Waals surface area contributed by atoms with Crippen LogP contribution in [0.5, 0.6) is 0 Å². The second-order valence-electron chi connectivity index (χ2n) is 11.9. The Kier molecular flexibility index (Phi) is 9.38. The number of carbonyl (C=O) groups excluding carboxylic acids is 1. The van der Waals surface area contributed by atoms with E-state index in [9.17, 15) is 46.5 Å². The lowest BCUT2D eigenvalue weighted by Crippen LogP contribution is -2.23. The van der Waals surface area contributed by atoms with Crippen LogP contribution in [0, 0.1) is 0 Å². The predicted octanol–water partition coefficient (Wildman–Crippen LogP) is 5.52. The third-order valence-corrected chi connectivity index (χ3v) is 9.00. The number of carbonyl (C=O) groups is 3. The molecule has 0 saturated carbocycles. The van der Waals surface area contributed by atoms with Gasteiger partial charge in [-0.25, -0.2) is 30.8 Å². The Morgan fingerprint density at radius 3 is 1.47 bits per heavy atom. The van der Waals surface area contributed by atoms with Crippen molar-refractivity contribution in [1.82, 2.24) is 0 Å². The molecule has 0 amide bonds. The smallest absolute Gasteiger partial charge is 0.363 e. The highest BCUT2D eigenvalue weighted by atomic mass is 32.2. The Hall–Kier alpha value is -6.72. The van der Waals surface area contributed by atoms with E-state index < -0.39 is 38.0 Å². The topological polar surface area (TPSA) is 242 Å². The summed E-state index contributed by atoms with van der Waals surface area (Å²) in [5.41, 5.74) is 1.94. The van der Waals surface area contributed by atoms with Gasteiger partial charge in [-0.3, -0.25) is 9.44 Å². The first-order valence-electron chi connectivity index (χ1n) is 15.3. The molecule has 6 N–H and O–H groups in total. The highest BCUT2D eigenvalue weighted by Crippen LogP contribution is 2.41. The minimum absolute atomic E-state index is 0.0732. The van der Waals surface area contributed by atoms with Crippen LogP contribution >= 0.6 is 0 Å². The molecule has 0 aliphatic rings. The third kappa shape index (κ3) is 8.11. The van der Waals surface area contributed by atoms with Crippen LogP contribution in [-0.2, 0) is 20.0 Å². The molecule has 5 aromatic carbocycles. The van der Waals surface area contributed by atoms with Gasteiger partial charge in [0.1, 0.15) is 0 Å². The molecule has 6 rings (SSSR count). The number of hydrogen-bond acceptors (Lipinski definition) is 10. The van der Waals surface area contributed by atoms with Gasteiger partial charge in [-0.2, -0.15) is 0 Å². The van der Waals surface area contributed by atoms with Crippen molar-refractivity contribution in [2.45, 2.75) is 0 Å². The van der Waals surface area contributed by atoms with E-state index in [0.29, 0.717) is 33.3 Å². The Labute approximate surface area is 301 Å². The normalized spacial score (nSPS) is 11.6.